The van der Waals surface area contributed by atoms with Gasteiger partial charge in [0.25, 0.3) is 5.91 Å². The number of benzene rings is 2. The fraction of sp³-hybridized carbons (Fsp3) is 0.118. The number of carbonyl (C=O) groups is 1. The van der Waals surface area contributed by atoms with Gasteiger partial charge in [0.2, 0.25) is 0 Å². The van der Waals surface area contributed by atoms with Crippen molar-refractivity contribution in [3.05, 3.63) is 59.6 Å². The molecular weight excluding hydrogens is 298 g/mol. The van der Waals surface area contributed by atoms with E-state index in [1.807, 2.05) is 37.3 Å². The zero-order chi connectivity index (χ0) is 15.5. The second kappa shape index (κ2) is 6.12. The van der Waals surface area contributed by atoms with E-state index in [2.05, 4.69) is 10.1 Å². The van der Waals surface area contributed by atoms with E-state index >= 15 is 0 Å². The van der Waals surface area contributed by atoms with Crippen molar-refractivity contribution < 1.29 is 4.79 Å². The Bertz CT molecular complexity index is 738. The maximum atomic E-state index is 12.5. The van der Waals surface area contributed by atoms with Crippen molar-refractivity contribution in [3.8, 4) is 0 Å². The molecule has 2 aromatic carbocycles. The summed E-state index contributed by atoms with van der Waals surface area (Å²) >= 11 is 5.84. The van der Waals surface area contributed by atoms with Crippen LogP contribution in [0.15, 0.2) is 64.7 Å². The number of aliphatic imine (C=N–C) groups is 1. The summed E-state index contributed by atoms with van der Waals surface area (Å²) in [4.78, 5) is 16.8. The number of hydrazone groups is 1. The highest BCUT2D eigenvalue weighted by molar-refractivity contribution is 6.30. The lowest BCUT2D eigenvalue weighted by molar-refractivity contribution is -0.118. The number of hydrogen-bond donors (Lipinski definition) is 0. The number of rotatable bonds is 3. The molecule has 0 fully saturated rings. The molecule has 0 N–H and O–H groups in total. The third-order valence-corrected chi connectivity index (χ3v) is 3.63. The minimum absolute atomic E-state index is 0.0959. The highest BCUT2D eigenvalue weighted by Gasteiger charge is 2.32. The van der Waals surface area contributed by atoms with E-state index in [-0.39, 0.29) is 5.91 Å². The zero-order valence-electron chi connectivity index (χ0n) is 12.0. The van der Waals surface area contributed by atoms with Gasteiger partial charge >= 0.3 is 0 Å². The van der Waals surface area contributed by atoms with Crippen molar-refractivity contribution >= 4 is 40.8 Å². The summed E-state index contributed by atoms with van der Waals surface area (Å²) in [7, 11) is 0. The van der Waals surface area contributed by atoms with E-state index < -0.39 is 5.92 Å². The van der Waals surface area contributed by atoms with Crippen LogP contribution in [0.4, 0.5) is 11.4 Å². The second-order valence-corrected chi connectivity index (χ2v) is 5.40. The lowest BCUT2D eigenvalue weighted by atomic mass is 10.1. The summed E-state index contributed by atoms with van der Waals surface area (Å²) in [5.74, 6) is -0.530. The van der Waals surface area contributed by atoms with Gasteiger partial charge in [-0.25, -0.2) is 0 Å². The minimum Gasteiger partial charge on any atom is -0.271 e. The van der Waals surface area contributed by atoms with Crippen molar-refractivity contribution in [3.63, 3.8) is 0 Å². The minimum atomic E-state index is -0.434. The fourth-order valence-electron chi connectivity index (χ4n) is 2.19. The second-order valence-electron chi connectivity index (χ2n) is 4.96. The number of nitrogens with zero attached hydrogens (tertiary/aromatic N) is 3. The SMILES string of the molecule is CC1=NN(c2ccccc2)C(=O)[C@@H]1C=Nc1ccc(Cl)cc1. The van der Waals surface area contributed by atoms with Gasteiger partial charge in [-0.3, -0.25) is 9.79 Å². The van der Waals surface area contributed by atoms with Gasteiger partial charge in [-0.05, 0) is 43.3 Å². The largest absolute Gasteiger partial charge is 0.271 e. The number of amides is 1. The Hall–Kier alpha value is -2.46. The van der Waals surface area contributed by atoms with Crippen molar-refractivity contribution in [2.45, 2.75) is 6.92 Å². The third kappa shape index (κ3) is 2.92. The lowest BCUT2D eigenvalue weighted by Crippen LogP contribution is -2.27. The van der Waals surface area contributed by atoms with Gasteiger partial charge in [-0.2, -0.15) is 10.1 Å². The molecule has 1 heterocycles. The molecule has 0 saturated heterocycles. The van der Waals surface area contributed by atoms with E-state index in [9.17, 15) is 4.79 Å². The lowest BCUT2D eigenvalue weighted by Gasteiger charge is -2.12. The molecule has 0 unspecified atom stereocenters. The Balaban J connectivity index is 1.80. The molecule has 110 valence electrons. The molecule has 5 heteroatoms. The van der Waals surface area contributed by atoms with Crippen LogP contribution in [0.25, 0.3) is 0 Å². The highest BCUT2D eigenvalue weighted by Crippen LogP contribution is 2.23. The summed E-state index contributed by atoms with van der Waals surface area (Å²) in [6.07, 6.45) is 1.63. The maximum absolute atomic E-state index is 12.5. The van der Waals surface area contributed by atoms with Crippen LogP contribution in [0.2, 0.25) is 5.02 Å². The number of anilines is 1. The van der Waals surface area contributed by atoms with Crippen LogP contribution < -0.4 is 5.01 Å². The predicted molar refractivity (Wildman–Crippen MR) is 90.1 cm³/mol. The summed E-state index contributed by atoms with van der Waals surface area (Å²) in [6, 6.07) is 16.5. The molecule has 1 aliphatic rings. The monoisotopic (exact) mass is 311 g/mol. The molecule has 3 rings (SSSR count). The number of halogens is 1. The van der Waals surface area contributed by atoms with Gasteiger partial charge in [-0.15, -0.1) is 0 Å². The van der Waals surface area contributed by atoms with Crippen LogP contribution in [-0.4, -0.2) is 17.8 Å². The Morgan fingerprint density at radius 3 is 2.50 bits per heavy atom. The summed E-state index contributed by atoms with van der Waals surface area (Å²) in [5.41, 5.74) is 2.24. The number of para-hydroxylation sites is 1. The first-order chi connectivity index (χ1) is 10.6. The van der Waals surface area contributed by atoms with Crippen LogP contribution in [0.5, 0.6) is 0 Å². The van der Waals surface area contributed by atoms with E-state index in [1.165, 1.54) is 5.01 Å². The Labute approximate surface area is 133 Å². The van der Waals surface area contributed by atoms with Crippen LogP contribution in [0.1, 0.15) is 6.92 Å². The molecule has 1 aliphatic heterocycles. The average molecular weight is 312 g/mol. The molecule has 0 radical (unpaired) electrons. The summed E-state index contributed by atoms with van der Waals surface area (Å²) in [6.45, 7) is 1.83. The first-order valence-corrected chi connectivity index (χ1v) is 7.27. The van der Waals surface area contributed by atoms with Crippen molar-refractivity contribution in [1.29, 1.82) is 0 Å². The Morgan fingerprint density at radius 1 is 1.14 bits per heavy atom. The van der Waals surface area contributed by atoms with Crippen LogP contribution in [0.3, 0.4) is 0 Å². The molecule has 0 saturated carbocycles. The van der Waals surface area contributed by atoms with Gasteiger partial charge < -0.3 is 0 Å². The van der Waals surface area contributed by atoms with Gasteiger partial charge in [0.05, 0.1) is 17.1 Å². The van der Waals surface area contributed by atoms with E-state index in [4.69, 9.17) is 11.6 Å². The smallest absolute Gasteiger partial charge is 0.261 e. The Kier molecular flexibility index (Phi) is 4.02. The van der Waals surface area contributed by atoms with E-state index in [0.29, 0.717) is 5.02 Å². The molecule has 2 aromatic rings. The third-order valence-electron chi connectivity index (χ3n) is 3.38. The van der Waals surface area contributed by atoms with Gasteiger partial charge in [0, 0.05) is 11.2 Å². The van der Waals surface area contributed by atoms with Crippen LogP contribution in [0, 0.1) is 5.92 Å². The maximum Gasteiger partial charge on any atom is 0.261 e. The van der Waals surface area contributed by atoms with E-state index in [1.54, 1.807) is 30.5 Å². The summed E-state index contributed by atoms with van der Waals surface area (Å²) < 4.78 is 0. The predicted octanol–water partition coefficient (Wildman–Crippen LogP) is 4.08. The van der Waals surface area contributed by atoms with Crippen LogP contribution in [-0.2, 0) is 4.79 Å². The van der Waals surface area contributed by atoms with Crippen LogP contribution >= 0.6 is 11.6 Å². The molecule has 4 nitrogen and oxygen atoms in total. The molecule has 0 spiro atoms. The molecule has 0 aliphatic carbocycles. The van der Waals surface area contributed by atoms with Gasteiger partial charge in [-0.1, -0.05) is 29.8 Å². The highest BCUT2D eigenvalue weighted by atomic mass is 35.5. The van der Waals surface area contributed by atoms with Gasteiger partial charge in [0.1, 0.15) is 5.92 Å². The first-order valence-electron chi connectivity index (χ1n) is 6.89. The quantitative estimate of drug-likeness (QED) is 0.788. The number of carbonyl (C=O) groups excluding carboxylic acids is 1. The number of hydrogen-bond acceptors (Lipinski definition) is 3. The zero-order valence-corrected chi connectivity index (χ0v) is 12.7. The van der Waals surface area contributed by atoms with E-state index in [0.717, 1.165) is 17.1 Å². The molecule has 1 atom stereocenters. The Morgan fingerprint density at radius 2 is 1.82 bits per heavy atom. The standard InChI is InChI=1S/C17H14ClN3O/c1-12-16(11-19-14-9-7-13(18)8-10-14)17(22)21(20-12)15-5-3-2-4-6-15/h2-11,16H,1H3/t16-/m1/s1. The molecule has 0 bridgehead atoms. The molecule has 1 amide bonds. The fourth-order valence-corrected chi connectivity index (χ4v) is 2.32. The normalized spacial score (nSPS) is 18.1. The molecule has 22 heavy (non-hydrogen) atoms. The summed E-state index contributed by atoms with van der Waals surface area (Å²) in [5, 5.41) is 6.42. The molecule has 0 aromatic heterocycles. The average Bonchev–Trinajstić information content (AvgIpc) is 2.82. The molecular formula is C17H14ClN3O. The van der Waals surface area contributed by atoms with Crippen molar-refractivity contribution in [2.75, 3.05) is 5.01 Å². The topological polar surface area (TPSA) is 45.0 Å². The van der Waals surface area contributed by atoms with Crippen molar-refractivity contribution in [1.82, 2.24) is 0 Å². The van der Waals surface area contributed by atoms with Crippen molar-refractivity contribution in [2.24, 2.45) is 16.0 Å². The van der Waals surface area contributed by atoms with Gasteiger partial charge in [0.15, 0.2) is 0 Å². The first kappa shape index (κ1) is 14.5.